The molecule has 298 valence electrons. The molecule has 0 aliphatic carbocycles. The van der Waals surface area contributed by atoms with E-state index in [9.17, 15) is 57.4 Å². The van der Waals surface area contributed by atoms with Gasteiger partial charge in [0.1, 0.15) is 24.5 Å². The van der Waals surface area contributed by atoms with Crippen LogP contribution in [-0.4, -0.2) is 101 Å². The number of H-pyrrole nitrogens is 2. The molecule has 6 heterocycles. The van der Waals surface area contributed by atoms with Crippen LogP contribution in [0.25, 0.3) is 22.3 Å². The standard InChI is InChI=1S/C21H30N10O19P4/c1-29-7-31(17-15(29)19(34)28-21(23)26-17)12-2-8(32)10(46-12)4-44-52(38,39)49-54(42,43)50-53(40,41)45-5-11-9(48-51(35,36)37)3-13(47-11)30-6-24-14-16(30)25-20(22)27-18(14)33/h6-13,32H,2-5H2,1H3,(H10-,22,23,25,26,27,28,33,34,35,36,37,38,39,40,41,42,43)/p+1/t8-,9-,10?,11-,12-,13-/m1/s1. The Hall–Kier alpha value is -3.30. The van der Waals surface area contributed by atoms with Crippen LogP contribution in [0.2, 0.25) is 0 Å². The lowest BCUT2D eigenvalue weighted by Gasteiger charge is -2.22. The first-order valence-corrected chi connectivity index (χ1v) is 20.9. The molecular weight excluding hydrogens is 820 g/mol. The summed E-state index contributed by atoms with van der Waals surface area (Å²) in [5, 5.41) is 10.5. The summed E-state index contributed by atoms with van der Waals surface area (Å²) in [7, 11) is -21.1. The first-order valence-electron chi connectivity index (χ1n) is 14.9. The van der Waals surface area contributed by atoms with Gasteiger partial charge in [0.25, 0.3) is 16.7 Å². The average Bonchev–Trinajstić information content (AvgIpc) is 3.77. The Balaban J connectivity index is 1.06. The van der Waals surface area contributed by atoms with Gasteiger partial charge in [0.2, 0.25) is 24.5 Å². The summed E-state index contributed by atoms with van der Waals surface area (Å²) in [5.41, 5.74) is 9.83. The van der Waals surface area contributed by atoms with Gasteiger partial charge in [-0.1, -0.05) is 0 Å². The van der Waals surface area contributed by atoms with Crippen LogP contribution in [0.1, 0.15) is 25.3 Å². The lowest BCUT2D eigenvalue weighted by Crippen LogP contribution is -2.31. The summed E-state index contributed by atoms with van der Waals surface area (Å²) in [4.78, 5) is 89.9. The summed E-state index contributed by atoms with van der Waals surface area (Å²) < 4.78 is 86.7. The van der Waals surface area contributed by atoms with Crippen molar-refractivity contribution >= 4 is 65.5 Å². The normalized spacial score (nSPS) is 26.9. The molecule has 2 saturated heterocycles. The van der Waals surface area contributed by atoms with Crippen LogP contribution in [0.5, 0.6) is 0 Å². The van der Waals surface area contributed by atoms with Gasteiger partial charge in [0.15, 0.2) is 11.2 Å². The monoisotopic (exact) mass is 851 g/mol. The average molecular weight is 851 g/mol. The Morgan fingerprint density at radius 1 is 0.852 bits per heavy atom. The summed E-state index contributed by atoms with van der Waals surface area (Å²) in [6.07, 6.45) is -6.19. The molecular formula is C21H31N10O19P4+. The van der Waals surface area contributed by atoms with E-state index in [-0.39, 0.29) is 40.6 Å². The minimum atomic E-state index is -6.01. The molecule has 33 heteroatoms. The van der Waals surface area contributed by atoms with Gasteiger partial charge in [-0.2, -0.15) is 23.2 Å². The number of aryl methyl sites for hydroxylation is 1. The smallest absolute Gasteiger partial charge is 0.390 e. The Bertz CT molecular complexity index is 2390. The number of aliphatic hydroxyl groups excluding tert-OH is 1. The molecule has 2 fully saturated rings. The molecule has 4 aromatic rings. The van der Waals surface area contributed by atoms with E-state index in [0.717, 1.165) is 10.9 Å². The number of anilines is 2. The fourth-order valence-corrected chi connectivity index (χ4v) is 9.73. The van der Waals surface area contributed by atoms with Crippen molar-refractivity contribution in [3.05, 3.63) is 33.4 Å². The van der Waals surface area contributed by atoms with E-state index in [4.69, 9.17) is 25.5 Å². The van der Waals surface area contributed by atoms with Crippen molar-refractivity contribution in [2.24, 2.45) is 7.05 Å². The van der Waals surface area contributed by atoms with Crippen molar-refractivity contribution in [1.29, 1.82) is 0 Å². The predicted molar refractivity (Wildman–Crippen MR) is 172 cm³/mol. The molecule has 0 bridgehead atoms. The number of phosphoric ester groups is 3. The summed E-state index contributed by atoms with van der Waals surface area (Å²) in [6, 6.07) is 0. The van der Waals surface area contributed by atoms with Gasteiger partial charge in [-0.25, -0.2) is 27.8 Å². The van der Waals surface area contributed by atoms with E-state index < -0.39 is 98.9 Å². The molecule has 2 aliphatic heterocycles. The zero-order valence-corrected chi connectivity index (χ0v) is 30.6. The molecule has 6 rings (SSSR count). The van der Waals surface area contributed by atoms with Crippen LogP contribution in [-0.2, 0) is 57.0 Å². The Morgan fingerprint density at radius 3 is 2.04 bits per heavy atom. The van der Waals surface area contributed by atoms with Gasteiger partial charge in [-0.3, -0.25) is 37.7 Å². The number of aromatic amines is 2. The van der Waals surface area contributed by atoms with E-state index in [1.807, 2.05) is 0 Å². The molecule has 2 aliphatic rings. The molecule has 12 N–H and O–H groups in total. The van der Waals surface area contributed by atoms with E-state index >= 15 is 0 Å². The molecule has 0 spiro atoms. The van der Waals surface area contributed by atoms with Crippen molar-refractivity contribution in [1.82, 2.24) is 34.1 Å². The van der Waals surface area contributed by atoms with Gasteiger partial charge in [-0.15, -0.1) is 0 Å². The quantitative estimate of drug-likeness (QED) is 0.0468. The maximum atomic E-state index is 12.6. The summed E-state index contributed by atoms with van der Waals surface area (Å²) in [5.74, 6) is -0.514. The third-order valence-corrected chi connectivity index (χ3v) is 12.5. The van der Waals surface area contributed by atoms with Gasteiger partial charge in [-0.05, 0) is 0 Å². The van der Waals surface area contributed by atoms with Crippen LogP contribution >= 0.6 is 31.3 Å². The van der Waals surface area contributed by atoms with E-state index in [1.54, 1.807) is 0 Å². The highest BCUT2D eigenvalue weighted by atomic mass is 31.3. The number of hydrogen-bond acceptors (Lipinski definition) is 19. The van der Waals surface area contributed by atoms with Gasteiger partial charge in [0, 0.05) is 12.8 Å². The number of nitrogen functional groups attached to an aromatic ring is 2. The molecule has 0 aromatic carbocycles. The van der Waals surface area contributed by atoms with Crippen LogP contribution in [0.15, 0.2) is 22.2 Å². The summed E-state index contributed by atoms with van der Waals surface area (Å²) >= 11 is 0. The van der Waals surface area contributed by atoms with E-state index in [2.05, 4.69) is 42.6 Å². The zero-order valence-electron chi connectivity index (χ0n) is 27.1. The molecule has 29 nitrogen and oxygen atoms in total. The molecule has 9 atom stereocenters. The van der Waals surface area contributed by atoms with Crippen LogP contribution in [0, 0.1) is 0 Å². The van der Waals surface area contributed by atoms with E-state index in [1.165, 1.54) is 22.5 Å². The van der Waals surface area contributed by atoms with Gasteiger partial charge in [0.05, 0.1) is 32.7 Å². The highest BCUT2D eigenvalue weighted by Crippen LogP contribution is 2.68. The molecule has 54 heavy (non-hydrogen) atoms. The minimum Gasteiger partial charge on any atom is -0.390 e. The van der Waals surface area contributed by atoms with Crippen molar-refractivity contribution in [3.63, 3.8) is 0 Å². The van der Waals surface area contributed by atoms with Crippen molar-refractivity contribution < 1.29 is 84.1 Å². The third-order valence-electron chi connectivity index (χ3n) is 7.73. The van der Waals surface area contributed by atoms with Crippen LogP contribution < -0.4 is 27.2 Å². The van der Waals surface area contributed by atoms with Gasteiger partial charge >= 0.3 is 36.9 Å². The van der Waals surface area contributed by atoms with Crippen molar-refractivity contribution in [2.45, 2.75) is 49.7 Å². The first kappa shape index (κ1) is 40.4. The zero-order chi connectivity index (χ0) is 39.5. The number of ether oxygens (including phenoxy) is 2. The highest BCUT2D eigenvalue weighted by Gasteiger charge is 2.47. The number of phosphoric acid groups is 4. The molecule has 0 saturated carbocycles. The van der Waals surface area contributed by atoms with Crippen LogP contribution in [0.4, 0.5) is 11.9 Å². The summed E-state index contributed by atoms with van der Waals surface area (Å²) in [6.45, 7) is -2.06. The number of aliphatic hydroxyl groups is 1. The lowest BCUT2D eigenvalue weighted by molar-refractivity contribution is -0.646. The molecule has 4 unspecified atom stereocenters. The maximum Gasteiger partial charge on any atom is 0.490 e. The molecule has 0 amide bonds. The minimum absolute atomic E-state index is 0.0828. The van der Waals surface area contributed by atoms with Crippen LogP contribution in [0.3, 0.4) is 0 Å². The maximum absolute atomic E-state index is 12.6. The van der Waals surface area contributed by atoms with Crippen molar-refractivity contribution in [2.75, 3.05) is 24.7 Å². The number of hydrogen-bond donors (Lipinski definition) is 10. The van der Waals surface area contributed by atoms with E-state index in [0.29, 0.717) is 0 Å². The largest absolute Gasteiger partial charge is 0.490 e. The molecule has 0 radical (unpaired) electrons. The number of fused-ring (bicyclic) bond motifs is 2. The Kier molecular flexibility index (Phi) is 11.0. The number of nitrogens with zero attached hydrogens (tertiary/aromatic N) is 6. The number of nitrogens with two attached hydrogens (primary N) is 2. The first-order chi connectivity index (χ1) is 25.0. The second-order valence-electron chi connectivity index (χ2n) is 11.6. The number of aromatic nitrogens is 8. The Labute approximate surface area is 298 Å². The second-order valence-corrected chi connectivity index (χ2v) is 17.5. The number of nitrogens with one attached hydrogen (secondary N) is 2. The lowest BCUT2D eigenvalue weighted by atomic mass is 10.2. The van der Waals surface area contributed by atoms with Crippen molar-refractivity contribution in [3.8, 4) is 0 Å². The third kappa shape index (κ3) is 9.04. The second kappa shape index (κ2) is 14.6. The topological polar surface area (TPSA) is 424 Å². The fourth-order valence-electron chi connectivity index (χ4n) is 5.64. The predicted octanol–water partition coefficient (Wildman–Crippen LogP) is -2.37. The fraction of sp³-hybridized carbons (Fsp3) is 0.524. The molecule has 4 aromatic heterocycles. The number of imidazole rings is 2. The SMILES string of the molecule is C[n+]1cn([C@H]2C[C@@H](O)C(COP(=O)(O)OP(=O)(O)OP(=O)(O)OC[C@H]3O[C@@H](n4cnc5c(=O)[nH]c(N)nc54)C[C@H]3OP(=O)(O)O)O2)c2nc(N)[nH]c(=O)c21. The highest BCUT2D eigenvalue weighted by molar-refractivity contribution is 7.66. The number of rotatable bonds is 14. The Morgan fingerprint density at radius 2 is 1.41 bits per heavy atom. The van der Waals surface area contributed by atoms with Gasteiger partial charge < -0.3 is 50.5 Å².